The number of hydrogen-bond acceptors (Lipinski definition) is 3. The fourth-order valence-corrected chi connectivity index (χ4v) is 3.60. The predicted molar refractivity (Wildman–Crippen MR) is 93.2 cm³/mol. The standard InChI is InChI=1S/C20H19F2N3O2/c21-15-3-4-17(22)16(9-15)20(5-6-20)24-19(27)14-8-18(26)25(12-14)11-13-2-1-7-23-10-13/h1-4,7,9-10,14H,5-6,8,11-12H2,(H,24,27)/t14-/m0/s1. The van der Waals surface area contributed by atoms with E-state index in [0.29, 0.717) is 25.9 Å². The number of nitrogens with zero attached hydrogens (tertiary/aromatic N) is 2. The second-order valence-corrected chi connectivity index (χ2v) is 7.23. The Labute approximate surface area is 155 Å². The highest BCUT2D eigenvalue weighted by atomic mass is 19.1. The Morgan fingerprint density at radius 3 is 2.81 bits per heavy atom. The molecule has 2 amide bonds. The van der Waals surface area contributed by atoms with Crippen molar-refractivity contribution in [1.82, 2.24) is 15.2 Å². The molecule has 0 bridgehead atoms. The van der Waals surface area contributed by atoms with Crippen molar-refractivity contribution in [3.05, 3.63) is 65.5 Å². The van der Waals surface area contributed by atoms with Gasteiger partial charge in [0.05, 0.1) is 11.5 Å². The summed E-state index contributed by atoms with van der Waals surface area (Å²) < 4.78 is 27.6. The van der Waals surface area contributed by atoms with Crippen LogP contribution in [0.3, 0.4) is 0 Å². The summed E-state index contributed by atoms with van der Waals surface area (Å²) in [5, 5.41) is 2.86. The van der Waals surface area contributed by atoms with Gasteiger partial charge in [0.25, 0.3) is 0 Å². The van der Waals surface area contributed by atoms with Crippen molar-refractivity contribution < 1.29 is 18.4 Å². The summed E-state index contributed by atoms with van der Waals surface area (Å²) >= 11 is 0. The predicted octanol–water partition coefficient (Wildman–Crippen LogP) is 2.51. The summed E-state index contributed by atoms with van der Waals surface area (Å²) in [4.78, 5) is 30.6. The highest BCUT2D eigenvalue weighted by Gasteiger charge is 2.49. The number of likely N-dealkylation sites (tertiary alicyclic amines) is 1. The number of aromatic nitrogens is 1. The zero-order chi connectivity index (χ0) is 19.0. The molecule has 4 rings (SSSR count). The first-order valence-corrected chi connectivity index (χ1v) is 8.91. The fraction of sp³-hybridized carbons (Fsp3) is 0.350. The van der Waals surface area contributed by atoms with Gasteiger partial charge in [0.1, 0.15) is 11.6 Å². The molecule has 1 aliphatic heterocycles. The van der Waals surface area contributed by atoms with E-state index in [1.807, 2.05) is 6.07 Å². The lowest BCUT2D eigenvalue weighted by molar-refractivity contribution is -0.129. The molecule has 1 saturated carbocycles. The first-order valence-electron chi connectivity index (χ1n) is 8.91. The molecule has 1 aliphatic carbocycles. The van der Waals surface area contributed by atoms with E-state index in [2.05, 4.69) is 10.3 Å². The van der Waals surface area contributed by atoms with Gasteiger partial charge in [0, 0.05) is 37.5 Å². The van der Waals surface area contributed by atoms with Crippen LogP contribution in [0.4, 0.5) is 8.78 Å². The summed E-state index contributed by atoms with van der Waals surface area (Å²) in [6.07, 6.45) is 4.57. The van der Waals surface area contributed by atoms with Crippen molar-refractivity contribution in [1.29, 1.82) is 0 Å². The number of nitrogens with one attached hydrogen (secondary N) is 1. The molecular weight excluding hydrogens is 352 g/mol. The van der Waals surface area contributed by atoms with Gasteiger partial charge in [-0.05, 0) is 42.7 Å². The molecule has 1 N–H and O–H groups in total. The molecule has 5 nitrogen and oxygen atoms in total. The minimum Gasteiger partial charge on any atom is -0.346 e. The topological polar surface area (TPSA) is 62.3 Å². The molecule has 1 aromatic heterocycles. The molecule has 0 unspecified atom stereocenters. The van der Waals surface area contributed by atoms with E-state index >= 15 is 0 Å². The summed E-state index contributed by atoms with van der Waals surface area (Å²) in [5.74, 6) is -1.96. The molecule has 2 heterocycles. The smallest absolute Gasteiger partial charge is 0.226 e. The Bertz CT molecular complexity index is 884. The molecule has 1 saturated heterocycles. The lowest BCUT2D eigenvalue weighted by atomic mass is 10.0. The molecule has 1 atom stereocenters. The van der Waals surface area contributed by atoms with Crippen molar-refractivity contribution in [3.63, 3.8) is 0 Å². The van der Waals surface area contributed by atoms with Crippen molar-refractivity contribution in [2.75, 3.05) is 6.54 Å². The van der Waals surface area contributed by atoms with Crippen molar-refractivity contribution in [3.8, 4) is 0 Å². The SMILES string of the molecule is O=C(NC1(c2cc(F)ccc2F)CC1)[C@H]1CC(=O)N(Cc2cccnc2)C1. The van der Waals surface area contributed by atoms with Crippen LogP contribution in [0.1, 0.15) is 30.4 Å². The number of hydrogen-bond donors (Lipinski definition) is 1. The van der Waals surface area contributed by atoms with Gasteiger partial charge in [-0.2, -0.15) is 0 Å². The molecule has 0 radical (unpaired) electrons. The fourth-order valence-electron chi connectivity index (χ4n) is 3.60. The summed E-state index contributed by atoms with van der Waals surface area (Å²) in [5.41, 5.74) is 0.211. The minimum atomic E-state index is -0.858. The monoisotopic (exact) mass is 371 g/mol. The second-order valence-electron chi connectivity index (χ2n) is 7.23. The van der Waals surface area contributed by atoms with Crippen LogP contribution in [0.25, 0.3) is 0 Å². The number of halogens is 2. The van der Waals surface area contributed by atoms with Gasteiger partial charge < -0.3 is 10.2 Å². The molecule has 0 spiro atoms. The maximum Gasteiger partial charge on any atom is 0.226 e. The first kappa shape index (κ1) is 17.6. The van der Waals surface area contributed by atoms with Crippen molar-refractivity contribution in [2.24, 2.45) is 5.92 Å². The molecular formula is C20H19F2N3O2. The molecule has 27 heavy (non-hydrogen) atoms. The molecule has 1 aromatic carbocycles. The Kier molecular flexibility index (Phi) is 4.37. The lowest BCUT2D eigenvalue weighted by Gasteiger charge is -2.21. The normalized spacial score (nSPS) is 20.6. The summed E-state index contributed by atoms with van der Waals surface area (Å²) in [6.45, 7) is 0.710. The van der Waals surface area contributed by atoms with Crippen LogP contribution in [0.15, 0.2) is 42.7 Å². The molecule has 140 valence electrons. The number of rotatable bonds is 5. The van der Waals surface area contributed by atoms with Crippen LogP contribution in [0.2, 0.25) is 0 Å². The number of pyridine rings is 1. The van der Waals surface area contributed by atoms with E-state index in [1.165, 1.54) is 0 Å². The van der Waals surface area contributed by atoms with E-state index in [9.17, 15) is 18.4 Å². The number of benzene rings is 1. The maximum absolute atomic E-state index is 14.1. The molecule has 7 heteroatoms. The summed E-state index contributed by atoms with van der Waals surface area (Å²) in [6, 6.07) is 6.94. The Morgan fingerprint density at radius 1 is 1.30 bits per heavy atom. The van der Waals surface area contributed by atoms with Gasteiger partial charge >= 0.3 is 0 Å². The molecule has 2 fully saturated rings. The van der Waals surface area contributed by atoms with Gasteiger partial charge in [0.2, 0.25) is 11.8 Å². The third-order valence-corrected chi connectivity index (χ3v) is 5.24. The third-order valence-electron chi connectivity index (χ3n) is 5.24. The van der Waals surface area contributed by atoms with Crippen LogP contribution in [0.5, 0.6) is 0 Å². The minimum absolute atomic E-state index is 0.0965. The van der Waals surface area contributed by atoms with E-state index < -0.39 is 23.1 Å². The average Bonchev–Trinajstić information content (AvgIpc) is 3.34. The molecule has 2 aromatic rings. The quantitative estimate of drug-likeness (QED) is 0.879. The molecule has 2 aliphatic rings. The van der Waals surface area contributed by atoms with Crippen LogP contribution in [-0.2, 0) is 21.7 Å². The van der Waals surface area contributed by atoms with Crippen LogP contribution in [-0.4, -0.2) is 28.2 Å². The maximum atomic E-state index is 14.1. The summed E-state index contributed by atoms with van der Waals surface area (Å²) in [7, 11) is 0. The first-order chi connectivity index (χ1) is 13.0. The zero-order valence-corrected chi connectivity index (χ0v) is 14.6. The van der Waals surface area contributed by atoms with Gasteiger partial charge in [-0.1, -0.05) is 6.07 Å². The van der Waals surface area contributed by atoms with Gasteiger partial charge in [-0.15, -0.1) is 0 Å². The Morgan fingerprint density at radius 2 is 2.11 bits per heavy atom. The van der Waals surface area contributed by atoms with E-state index in [4.69, 9.17) is 0 Å². The number of amides is 2. The largest absolute Gasteiger partial charge is 0.346 e. The number of carbonyl (C=O) groups is 2. The van der Waals surface area contributed by atoms with Gasteiger partial charge in [-0.25, -0.2) is 8.78 Å². The average molecular weight is 371 g/mol. The van der Waals surface area contributed by atoms with Gasteiger partial charge in [-0.3, -0.25) is 14.6 Å². The highest BCUT2D eigenvalue weighted by molar-refractivity contribution is 5.89. The van der Waals surface area contributed by atoms with Crippen LogP contribution in [0, 0.1) is 17.6 Å². The number of carbonyl (C=O) groups excluding carboxylic acids is 2. The highest BCUT2D eigenvalue weighted by Crippen LogP contribution is 2.47. The lowest BCUT2D eigenvalue weighted by Crippen LogP contribution is -2.40. The van der Waals surface area contributed by atoms with Crippen LogP contribution < -0.4 is 5.32 Å². The Balaban J connectivity index is 1.43. The van der Waals surface area contributed by atoms with E-state index in [1.54, 1.807) is 23.4 Å². The third kappa shape index (κ3) is 3.54. The van der Waals surface area contributed by atoms with E-state index in [0.717, 1.165) is 23.8 Å². The van der Waals surface area contributed by atoms with Crippen molar-refractivity contribution >= 4 is 11.8 Å². The van der Waals surface area contributed by atoms with E-state index in [-0.39, 0.29) is 23.8 Å². The Hall–Kier alpha value is -2.83. The second kappa shape index (κ2) is 6.72. The van der Waals surface area contributed by atoms with Crippen LogP contribution >= 0.6 is 0 Å². The zero-order valence-electron chi connectivity index (χ0n) is 14.6. The van der Waals surface area contributed by atoms with Crippen molar-refractivity contribution in [2.45, 2.75) is 31.3 Å². The van der Waals surface area contributed by atoms with Gasteiger partial charge in [0.15, 0.2) is 0 Å².